The Labute approximate surface area is 255 Å². The molecule has 0 amide bonds. The quantitative estimate of drug-likeness (QED) is 0.140. The highest BCUT2D eigenvalue weighted by Crippen LogP contribution is 2.57. The predicted octanol–water partition coefficient (Wildman–Crippen LogP) is 4.32. The van der Waals surface area contributed by atoms with Gasteiger partial charge in [-0.2, -0.15) is 0 Å². The van der Waals surface area contributed by atoms with Gasteiger partial charge in [-0.05, 0) is 97.1 Å². The molecule has 8 nitrogen and oxygen atoms in total. The van der Waals surface area contributed by atoms with Crippen LogP contribution in [0.25, 0.3) is 0 Å². The number of benzene rings is 4. The van der Waals surface area contributed by atoms with E-state index in [2.05, 4.69) is 69.8 Å². The van der Waals surface area contributed by atoms with Gasteiger partial charge in [0.2, 0.25) is 0 Å². The van der Waals surface area contributed by atoms with Crippen LogP contribution in [0.2, 0.25) is 0 Å². The van der Waals surface area contributed by atoms with Gasteiger partial charge in [0.05, 0.1) is 35.7 Å². The maximum Gasteiger partial charge on any atom is 0.133 e. The average Bonchev–Trinajstić information content (AvgIpc) is 3.05. The highest BCUT2D eigenvalue weighted by Gasteiger charge is 2.38. The molecule has 0 radical (unpaired) electrons. The molecule has 0 bridgehead atoms. The van der Waals surface area contributed by atoms with Crippen molar-refractivity contribution in [2.75, 3.05) is 74.8 Å². The maximum atomic E-state index is 5.35. The fourth-order valence-corrected chi connectivity index (χ4v) is 6.95. The van der Waals surface area contributed by atoms with Gasteiger partial charge in [0.15, 0.2) is 0 Å². The third kappa shape index (κ3) is 9.54. The highest BCUT2D eigenvalue weighted by molar-refractivity contribution is 7.76. The number of anilines is 4. The van der Waals surface area contributed by atoms with E-state index in [1.165, 1.54) is 0 Å². The lowest BCUT2D eigenvalue weighted by atomic mass is 10.3. The van der Waals surface area contributed by atoms with E-state index in [1.807, 2.05) is 48.5 Å². The standard InChI is InChI=1S/C32H40N4O4P.ClH/c1-37-29-13-5-25(6-14-29)33-21-41(22-34-26-7-15-30(38-2)16-8-26,23-35-27-9-17-31(39-3)18-10-27)24-36-28-11-19-32(40-4)20-12-28;/h5-20,33-36H,21-24H2,1-4H3;1H/q+1;/p-1. The van der Waals surface area contributed by atoms with Crippen LogP contribution in [0, 0.1) is 0 Å². The maximum absolute atomic E-state index is 5.35. The lowest BCUT2D eigenvalue weighted by Gasteiger charge is -2.30. The smallest absolute Gasteiger partial charge is 0.133 e. The van der Waals surface area contributed by atoms with Crippen molar-refractivity contribution in [3.63, 3.8) is 0 Å². The van der Waals surface area contributed by atoms with Crippen LogP contribution >= 0.6 is 7.26 Å². The molecule has 0 saturated heterocycles. The van der Waals surface area contributed by atoms with Gasteiger partial charge in [-0.1, -0.05) is 0 Å². The number of nitrogens with one attached hydrogen (secondary N) is 4. The molecule has 0 atom stereocenters. The predicted molar refractivity (Wildman–Crippen MR) is 173 cm³/mol. The third-order valence-corrected chi connectivity index (χ3v) is 10.2. The van der Waals surface area contributed by atoms with Crippen molar-refractivity contribution >= 4 is 30.0 Å². The Morgan fingerprint density at radius 1 is 0.381 bits per heavy atom. The zero-order valence-electron chi connectivity index (χ0n) is 24.5. The topological polar surface area (TPSA) is 85.0 Å². The summed E-state index contributed by atoms with van der Waals surface area (Å²) in [6, 6.07) is 32.2. The van der Waals surface area contributed by atoms with Crippen LogP contribution in [-0.4, -0.2) is 53.6 Å². The lowest BCUT2D eigenvalue weighted by molar-refractivity contribution is -0.00000949. The Kier molecular flexibility index (Phi) is 12.7. The minimum Gasteiger partial charge on any atom is -1.00 e. The molecule has 0 unspecified atom stereocenters. The lowest BCUT2D eigenvalue weighted by Crippen LogP contribution is -3.00. The first-order valence-corrected chi connectivity index (χ1v) is 15.9. The van der Waals surface area contributed by atoms with Crippen molar-refractivity contribution in [1.82, 2.24) is 0 Å². The van der Waals surface area contributed by atoms with E-state index in [9.17, 15) is 0 Å². The number of ether oxygens (including phenoxy) is 4. The Balaban J connectivity index is 0.00000484. The number of halogens is 1. The largest absolute Gasteiger partial charge is 1.00 e. The molecule has 0 heterocycles. The minimum atomic E-state index is -1.80. The molecule has 0 aliphatic rings. The summed E-state index contributed by atoms with van der Waals surface area (Å²) in [5.41, 5.74) is 4.20. The first-order valence-electron chi connectivity index (χ1n) is 13.4. The van der Waals surface area contributed by atoms with Crippen LogP contribution in [0.1, 0.15) is 0 Å². The van der Waals surface area contributed by atoms with E-state index in [-0.39, 0.29) is 12.4 Å². The van der Waals surface area contributed by atoms with E-state index in [0.717, 1.165) is 70.9 Å². The molecule has 0 aliphatic carbocycles. The van der Waals surface area contributed by atoms with Gasteiger partial charge in [0.25, 0.3) is 0 Å². The van der Waals surface area contributed by atoms with Crippen LogP contribution in [0.15, 0.2) is 97.1 Å². The van der Waals surface area contributed by atoms with E-state index in [0.29, 0.717) is 0 Å². The molecule has 224 valence electrons. The number of methoxy groups -OCH3 is 4. The number of rotatable bonds is 16. The van der Waals surface area contributed by atoms with Gasteiger partial charge < -0.3 is 52.6 Å². The van der Waals surface area contributed by atoms with Gasteiger partial charge in [0, 0.05) is 22.7 Å². The third-order valence-electron chi connectivity index (χ3n) is 6.83. The van der Waals surface area contributed by atoms with Crippen molar-refractivity contribution in [1.29, 1.82) is 0 Å². The number of hydrogen-bond acceptors (Lipinski definition) is 8. The monoisotopic (exact) mass is 610 g/mol. The van der Waals surface area contributed by atoms with Crippen molar-refractivity contribution in [2.24, 2.45) is 0 Å². The summed E-state index contributed by atoms with van der Waals surface area (Å²) >= 11 is 0. The molecule has 10 heteroatoms. The van der Waals surface area contributed by atoms with E-state index in [4.69, 9.17) is 18.9 Å². The van der Waals surface area contributed by atoms with Gasteiger partial charge in [-0.25, -0.2) is 0 Å². The summed E-state index contributed by atoms with van der Waals surface area (Å²) < 4.78 is 21.4. The summed E-state index contributed by atoms with van der Waals surface area (Å²) in [5, 5.41) is 14.9. The average molecular weight is 611 g/mol. The summed E-state index contributed by atoms with van der Waals surface area (Å²) in [6.45, 7) is 0. The molecular formula is C32H40ClN4O4P. The highest BCUT2D eigenvalue weighted by atomic mass is 35.5. The molecule has 4 aromatic rings. The normalized spacial score (nSPS) is 10.6. The Bertz CT molecular complexity index is 1110. The second kappa shape index (κ2) is 16.4. The SMILES string of the molecule is COc1ccc(NC[P+](CNc2ccc(OC)cc2)(CNc2ccc(OC)cc2)CNc2ccc(OC)cc2)cc1.[Cl-]. The van der Waals surface area contributed by atoms with E-state index >= 15 is 0 Å². The van der Waals surface area contributed by atoms with E-state index < -0.39 is 7.26 Å². The fourth-order valence-electron chi connectivity index (χ4n) is 4.21. The zero-order chi connectivity index (χ0) is 28.9. The fraction of sp³-hybridized carbons (Fsp3) is 0.250. The molecule has 4 aromatic carbocycles. The second-order valence-electron chi connectivity index (χ2n) is 9.60. The molecule has 0 spiro atoms. The second-order valence-corrected chi connectivity index (χ2v) is 13.5. The van der Waals surface area contributed by atoms with Gasteiger partial charge in [-0.3, -0.25) is 0 Å². The zero-order valence-corrected chi connectivity index (χ0v) is 26.2. The Morgan fingerprint density at radius 2 is 0.571 bits per heavy atom. The van der Waals surface area contributed by atoms with Crippen LogP contribution in [-0.2, 0) is 0 Å². The van der Waals surface area contributed by atoms with Gasteiger partial charge >= 0.3 is 0 Å². The summed E-state index contributed by atoms with van der Waals surface area (Å²) in [4.78, 5) is 0. The first-order chi connectivity index (χ1) is 20.0. The Hall–Kier alpha value is -4.00. The van der Waals surface area contributed by atoms with Crippen molar-refractivity contribution in [3.05, 3.63) is 97.1 Å². The summed E-state index contributed by atoms with van der Waals surface area (Å²) in [5.74, 6) is 3.33. The van der Waals surface area contributed by atoms with Crippen molar-refractivity contribution in [3.8, 4) is 23.0 Å². The molecule has 4 N–H and O–H groups in total. The number of hydrogen-bond donors (Lipinski definition) is 4. The van der Waals surface area contributed by atoms with Gasteiger partial charge in [0.1, 0.15) is 48.1 Å². The van der Waals surface area contributed by atoms with Crippen LogP contribution in [0.5, 0.6) is 23.0 Å². The summed E-state index contributed by atoms with van der Waals surface area (Å²) in [7, 11) is 4.92. The van der Waals surface area contributed by atoms with Crippen molar-refractivity contribution in [2.45, 2.75) is 0 Å². The molecule has 4 rings (SSSR count). The molecular weight excluding hydrogens is 571 g/mol. The van der Waals surface area contributed by atoms with Crippen molar-refractivity contribution < 1.29 is 31.4 Å². The Morgan fingerprint density at radius 3 is 0.738 bits per heavy atom. The minimum absolute atomic E-state index is 0. The summed E-state index contributed by atoms with van der Waals surface area (Å²) in [6.07, 6.45) is 3.20. The first kappa shape index (κ1) is 32.5. The molecule has 0 saturated carbocycles. The molecule has 0 aromatic heterocycles. The molecule has 0 aliphatic heterocycles. The van der Waals surface area contributed by atoms with Gasteiger partial charge in [-0.15, -0.1) is 0 Å². The van der Waals surface area contributed by atoms with E-state index in [1.54, 1.807) is 28.4 Å². The molecule has 42 heavy (non-hydrogen) atoms. The van der Waals surface area contributed by atoms with Crippen LogP contribution < -0.4 is 52.6 Å². The molecule has 0 fully saturated rings. The van der Waals surface area contributed by atoms with Crippen LogP contribution in [0.4, 0.5) is 22.7 Å². The van der Waals surface area contributed by atoms with Crippen LogP contribution in [0.3, 0.4) is 0 Å².